The number of aromatic nitrogens is 2. The molecule has 1 aromatic heterocycles. The van der Waals surface area contributed by atoms with Gasteiger partial charge in [0.25, 0.3) is 0 Å². The summed E-state index contributed by atoms with van der Waals surface area (Å²) < 4.78 is 25.0. The average molecular weight is 356 g/mol. The van der Waals surface area contributed by atoms with E-state index in [9.17, 15) is 13.5 Å². The molecule has 0 amide bonds. The van der Waals surface area contributed by atoms with Crippen molar-refractivity contribution in [2.24, 2.45) is 17.8 Å². The molecule has 0 spiro atoms. The zero-order chi connectivity index (χ0) is 16.4. The number of halogens is 1. The van der Waals surface area contributed by atoms with Gasteiger partial charge < -0.3 is 5.11 Å². The van der Waals surface area contributed by atoms with E-state index in [1.54, 1.807) is 12.3 Å². The molecule has 2 aliphatic carbocycles. The van der Waals surface area contributed by atoms with Gasteiger partial charge in [0.1, 0.15) is 0 Å². The van der Waals surface area contributed by atoms with Crippen molar-refractivity contribution in [3.05, 3.63) is 28.9 Å². The first kappa shape index (κ1) is 15.4. The maximum absolute atomic E-state index is 11.2. The van der Waals surface area contributed by atoms with Crippen LogP contribution in [0.1, 0.15) is 18.4 Å². The minimum absolute atomic E-state index is 0.323. The van der Waals surface area contributed by atoms with Gasteiger partial charge in [-0.25, -0.2) is 13.1 Å². The Morgan fingerprint density at radius 3 is 2.78 bits per heavy atom. The summed E-state index contributed by atoms with van der Waals surface area (Å²) in [6.45, 7) is 0.459. The highest BCUT2D eigenvalue weighted by Crippen LogP contribution is 2.63. The van der Waals surface area contributed by atoms with E-state index in [4.69, 9.17) is 11.6 Å². The standard InChI is InChI=1S/C15H18ClN3O3S/c1-23(21,22)18-7-11-9-4-15(20,5-10(9)11)13-2-8(16)3-14-12(13)6-17-19-14/h2-3,6,9-11,18,20H,4-5,7H2,1H3,(H,17,19)/t9-,10+,11+,15-. The number of benzene rings is 1. The summed E-state index contributed by atoms with van der Waals surface area (Å²) in [5.74, 6) is 1.04. The molecule has 2 saturated carbocycles. The Hall–Kier alpha value is -1.15. The van der Waals surface area contributed by atoms with Crippen LogP contribution < -0.4 is 4.72 Å². The van der Waals surface area contributed by atoms with Gasteiger partial charge in [0.15, 0.2) is 0 Å². The third kappa shape index (κ3) is 2.65. The van der Waals surface area contributed by atoms with E-state index in [2.05, 4.69) is 14.9 Å². The molecule has 6 nitrogen and oxygen atoms in total. The van der Waals surface area contributed by atoms with Gasteiger partial charge in [-0.15, -0.1) is 0 Å². The minimum Gasteiger partial charge on any atom is -0.385 e. The number of hydrogen-bond donors (Lipinski definition) is 3. The molecule has 23 heavy (non-hydrogen) atoms. The van der Waals surface area contributed by atoms with Crippen molar-refractivity contribution in [2.75, 3.05) is 12.8 Å². The largest absolute Gasteiger partial charge is 0.385 e. The van der Waals surface area contributed by atoms with E-state index in [-0.39, 0.29) is 0 Å². The molecule has 1 heterocycles. The summed E-state index contributed by atoms with van der Waals surface area (Å²) >= 11 is 6.16. The number of aromatic amines is 1. The zero-order valence-corrected chi connectivity index (χ0v) is 14.2. The summed E-state index contributed by atoms with van der Waals surface area (Å²) in [5.41, 5.74) is 0.719. The fourth-order valence-corrected chi connectivity index (χ4v) is 4.88. The molecule has 2 fully saturated rings. The Morgan fingerprint density at radius 1 is 1.43 bits per heavy atom. The summed E-state index contributed by atoms with van der Waals surface area (Å²) in [6, 6.07) is 3.61. The quantitative estimate of drug-likeness (QED) is 0.776. The summed E-state index contributed by atoms with van der Waals surface area (Å²) in [4.78, 5) is 0. The lowest BCUT2D eigenvalue weighted by Crippen LogP contribution is -2.29. The number of fused-ring (bicyclic) bond motifs is 2. The van der Waals surface area contributed by atoms with Crippen LogP contribution in [0.25, 0.3) is 10.9 Å². The van der Waals surface area contributed by atoms with E-state index in [1.807, 2.05) is 6.07 Å². The third-order valence-corrected chi connectivity index (χ3v) is 6.17. The van der Waals surface area contributed by atoms with Crippen LogP contribution in [-0.2, 0) is 15.6 Å². The molecule has 4 atom stereocenters. The topological polar surface area (TPSA) is 95.1 Å². The predicted octanol–water partition coefficient (Wildman–Crippen LogP) is 1.61. The molecule has 0 aliphatic heterocycles. The van der Waals surface area contributed by atoms with Gasteiger partial charge in [0, 0.05) is 17.0 Å². The molecule has 0 bridgehead atoms. The van der Waals surface area contributed by atoms with E-state index in [0.29, 0.717) is 42.2 Å². The minimum atomic E-state index is -3.16. The normalized spacial score (nSPS) is 33.1. The third-order valence-electron chi connectivity index (χ3n) is 5.26. The highest BCUT2D eigenvalue weighted by Gasteiger charge is 2.61. The van der Waals surface area contributed by atoms with Crippen molar-refractivity contribution in [3.63, 3.8) is 0 Å². The van der Waals surface area contributed by atoms with E-state index < -0.39 is 15.6 Å². The zero-order valence-electron chi connectivity index (χ0n) is 12.6. The Labute approximate surface area is 139 Å². The second-order valence-electron chi connectivity index (χ2n) is 6.84. The molecule has 0 saturated heterocycles. The fraction of sp³-hybridized carbons (Fsp3) is 0.533. The second kappa shape index (κ2) is 4.92. The van der Waals surface area contributed by atoms with E-state index in [1.165, 1.54) is 6.26 Å². The lowest BCUT2D eigenvalue weighted by molar-refractivity contribution is 0.0277. The Balaban J connectivity index is 1.55. The van der Waals surface area contributed by atoms with E-state index in [0.717, 1.165) is 16.5 Å². The molecular weight excluding hydrogens is 338 g/mol. The maximum atomic E-state index is 11.2. The first-order valence-electron chi connectivity index (χ1n) is 7.57. The van der Waals surface area contributed by atoms with Crippen molar-refractivity contribution in [1.82, 2.24) is 14.9 Å². The SMILES string of the molecule is CS(=O)(=O)NC[C@@H]1[C@H]2C[C@@](O)(c3cc(Cl)cc4[nH]ncc34)C[C@@H]12. The van der Waals surface area contributed by atoms with Gasteiger partial charge in [0.05, 0.1) is 23.6 Å². The number of hydrogen-bond acceptors (Lipinski definition) is 4. The maximum Gasteiger partial charge on any atom is 0.208 e. The van der Waals surface area contributed by atoms with Crippen LogP contribution >= 0.6 is 11.6 Å². The molecule has 124 valence electrons. The van der Waals surface area contributed by atoms with Gasteiger partial charge in [-0.2, -0.15) is 5.10 Å². The number of nitrogens with zero attached hydrogens (tertiary/aromatic N) is 1. The molecule has 2 aromatic rings. The van der Waals surface area contributed by atoms with Crippen LogP contribution in [0.3, 0.4) is 0 Å². The van der Waals surface area contributed by atoms with Gasteiger partial charge in [-0.3, -0.25) is 5.10 Å². The van der Waals surface area contributed by atoms with Crippen LogP contribution in [0, 0.1) is 17.8 Å². The van der Waals surface area contributed by atoms with Gasteiger partial charge in [-0.1, -0.05) is 11.6 Å². The summed E-state index contributed by atoms with van der Waals surface area (Å²) in [6.07, 6.45) is 4.15. The van der Waals surface area contributed by atoms with Crippen LogP contribution in [0.2, 0.25) is 5.02 Å². The molecule has 4 rings (SSSR count). The highest BCUT2D eigenvalue weighted by atomic mass is 35.5. The molecule has 8 heteroatoms. The number of aliphatic hydroxyl groups is 1. The fourth-order valence-electron chi connectivity index (χ4n) is 4.16. The molecular formula is C15H18ClN3O3S. The lowest BCUT2D eigenvalue weighted by Gasteiger charge is -2.27. The van der Waals surface area contributed by atoms with Crippen LogP contribution in [0.4, 0.5) is 0 Å². The molecule has 1 aromatic carbocycles. The Kier molecular flexibility index (Phi) is 3.29. The highest BCUT2D eigenvalue weighted by molar-refractivity contribution is 7.88. The summed E-state index contributed by atoms with van der Waals surface area (Å²) in [7, 11) is -3.16. The monoisotopic (exact) mass is 355 g/mol. The number of rotatable bonds is 4. The Morgan fingerprint density at radius 2 is 2.13 bits per heavy atom. The predicted molar refractivity (Wildman–Crippen MR) is 87.6 cm³/mol. The van der Waals surface area contributed by atoms with Crippen LogP contribution in [0.15, 0.2) is 18.3 Å². The average Bonchev–Trinajstić information content (AvgIpc) is 2.82. The van der Waals surface area contributed by atoms with Gasteiger partial charge >= 0.3 is 0 Å². The number of H-pyrrole nitrogens is 1. The van der Waals surface area contributed by atoms with Gasteiger partial charge in [0.2, 0.25) is 10.0 Å². The Bertz CT molecular complexity index is 867. The lowest BCUT2D eigenvalue weighted by atomic mass is 9.85. The number of sulfonamides is 1. The van der Waals surface area contributed by atoms with Crippen molar-refractivity contribution < 1.29 is 13.5 Å². The van der Waals surface area contributed by atoms with Crippen molar-refractivity contribution in [2.45, 2.75) is 18.4 Å². The van der Waals surface area contributed by atoms with Crippen molar-refractivity contribution in [1.29, 1.82) is 0 Å². The van der Waals surface area contributed by atoms with Gasteiger partial charge in [-0.05, 0) is 48.3 Å². The second-order valence-corrected chi connectivity index (χ2v) is 9.11. The summed E-state index contributed by atoms with van der Waals surface area (Å²) in [5, 5.41) is 19.5. The molecule has 3 N–H and O–H groups in total. The van der Waals surface area contributed by atoms with E-state index >= 15 is 0 Å². The van der Waals surface area contributed by atoms with Crippen LogP contribution in [0.5, 0.6) is 0 Å². The molecule has 0 unspecified atom stereocenters. The van der Waals surface area contributed by atoms with Crippen molar-refractivity contribution >= 4 is 32.5 Å². The smallest absolute Gasteiger partial charge is 0.208 e. The first-order chi connectivity index (χ1) is 10.8. The van der Waals surface area contributed by atoms with Crippen molar-refractivity contribution in [3.8, 4) is 0 Å². The number of nitrogens with one attached hydrogen (secondary N) is 2. The first-order valence-corrected chi connectivity index (χ1v) is 9.84. The van der Waals surface area contributed by atoms with Crippen LogP contribution in [-0.4, -0.2) is 36.5 Å². The molecule has 0 radical (unpaired) electrons. The molecule has 2 aliphatic rings.